The highest BCUT2D eigenvalue weighted by molar-refractivity contribution is 4.81. The van der Waals surface area contributed by atoms with Crippen LogP contribution in [0.25, 0.3) is 0 Å². The van der Waals surface area contributed by atoms with Crippen LogP contribution in [0.5, 0.6) is 0 Å². The van der Waals surface area contributed by atoms with Crippen LogP contribution in [0.15, 0.2) is 25.3 Å². The predicted molar refractivity (Wildman–Crippen MR) is 45.9 cm³/mol. The third-order valence-corrected chi connectivity index (χ3v) is 1.32. The van der Waals surface area contributed by atoms with Gasteiger partial charge in [0, 0.05) is 12.8 Å². The van der Waals surface area contributed by atoms with E-state index in [0.717, 1.165) is 0 Å². The Balaban J connectivity index is 3.86. The smallest absolute Gasteiger partial charge is 0.169 e. The van der Waals surface area contributed by atoms with Gasteiger partial charge in [-0.2, -0.15) is 0 Å². The van der Waals surface area contributed by atoms with Crippen molar-refractivity contribution in [2.45, 2.75) is 18.6 Å². The van der Waals surface area contributed by atoms with Gasteiger partial charge in [-0.15, -0.1) is 13.2 Å². The lowest BCUT2D eigenvalue weighted by atomic mass is 10.1. The molecule has 63 valence electrons. The van der Waals surface area contributed by atoms with Gasteiger partial charge in [-0.3, -0.25) is 0 Å². The van der Waals surface area contributed by atoms with Crippen molar-refractivity contribution in [2.24, 2.45) is 0 Å². The summed E-state index contributed by atoms with van der Waals surface area (Å²) in [7, 11) is 0. The van der Waals surface area contributed by atoms with Crippen molar-refractivity contribution in [3.8, 4) is 0 Å². The monoisotopic (exact) mass is 155 g/mol. The summed E-state index contributed by atoms with van der Waals surface area (Å²) in [4.78, 5) is 0. The van der Waals surface area contributed by atoms with Crippen LogP contribution >= 0.6 is 0 Å². The summed E-state index contributed by atoms with van der Waals surface area (Å²) in [5.74, 6) is -1.16. The minimum Gasteiger partial charge on any atom is -0.365 e. The quantitative estimate of drug-likeness (QED) is 0.467. The van der Waals surface area contributed by atoms with Gasteiger partial charge in [-0.1, -0.05) is 12.2 Å². The van der Waals surface area contributed by atoms with Crippen molar-refractivity contribution < 1.29 is 9.84 Å². The van der Waals surface area contributed by atoms with Crippen LogP contribution in [0.2, 0.25) is 0 Å². The molecule has 0 bridgehead atoms. The van der Waals surface area contributed by atoms with Crippen molar-refractivity contribution >= 4 is 0 Å². The summed E-state index contributed by atoms with van der Waals surface area (Å²) in [5, 5.41) is 9.55. The van der Waals surface area contributed by atoms with E-state index in [1.807, 2.05) is 0 Å². The number of hydrogen-bond acceptors (Lipinski definition) is 2. The molecule has 0 aliphatic rings. The van der Waals surface area contributed by atoms with E-state index < -0.39 is 5.79 Å². The number of hydrogen-bond donors (Lipinski definition) is 1. The molecular weight excluding hydrogens is 140 g/mol. The second kappa shape index (κ2) is 5.10. The number of aliphatic hydroxyl groups is 1. The zero-order chi connectivity index (χ0) is 8.74. The van der Waals surface area contributed by atoms with Crippen molar-refractivity contribution in [3.05, 3.63) is 32.2 Å². The molecule has 0 fully saturated rings. The van der Waals surface area contributed by atoms with Gasteiger partial charge in [-0.25, -0.2) is 0 Å². The molecule has 1 unspecified atom stereocenters. The van der Waals surface area contributed by atoms with Crippen molar-refractivity contribution in [1.82, 2.24) is 0 Å². The minimum atomic E-state index is -1.16. The molecule has 0 saturated heterocycles. The molecule has 0 rings (SSSR count). The topological polar surface area (TPSA) is 29.5 Å². The highest BCUT2D eigenvalue weighted by Gasteiger charge is 2.22. The van der Waals surface area contributed by atoms with E-state index in [1.165, 1.54) is 0 Å². The number of ether oxygens (including phenoxy) is 1. The molecule has 0 aromatic carbocycles. The van der Waals surface area contributed by atoms with Gasteiger partial charge in [0.15, 0.2) is 5.79 Å². The Hall–Kier alpha value is -0.600. The van der Waals surface area contributed by atoms with Crippen LogP contribution in [0.4, 0.5) is 0 Å². The Bertz CT molecular complexity index is 132. The summed E-state index contributed by atoms with van der Waals surface area (Å²) in [6, 6.07) is 0. The maximum atomic E-state index is 9.55. The third kappa shape index (κ3) is 3.96. The third-order valence-electron chi connectivity index (χ3n) is 1.32. The molecule has 1 N–H and O–H groups in total. The summed E-state index contributed by atoms with van der Waals surface area (Å²) in [6.07, 6.45) is 3.90. The molecule has 0 saturated carbocycles. The Morgan fingerprint density at radius 2 is 2.00 bits per heavy atom. The molecule has 0 aromatic heterocycles. The molecule has 11 heavy (non-hydrogen) atoms. The maximum absolute atomic E-state index is 9.55. The summed E-state index contributed by atoms with van der Waals surface area (Å²) in [5.41, 5.74) is 0. The van der Waals surface area contributed by atoms with E-state index in [1.54, 1.807) is 12.2 Å². The van der Waals surface area contributed by atoms with Crippen LogP contribution in [-0.2, 0) is 4.74 Å². The average molecular weight is 155 g/mol. The fourth-order valence-corrected chi connectivity index (χ4v) is 0.673. The second-order valence-electron chi connectivity index (χ2n) is 2.29. The standard InChI is InChI=1S/C9H15O2/c1-4-7-9(10,6-3)11-8-5-2/h4-5,10H,1-3,6-8H2. The van der Waals surface area contributed by atoms with Gasteiger partial charge < -0.3 is 9.84 Å². The van der Waals surface area contributed by atoms with Crippen molar-refractivity contribution in [3.63, 3.8) is 0 Å². The molecule has 2 nitrogen and oxygen atoms in total. The Labute approximate surface area is 68.2 Å². The first kappa shape index (κ1) is 10.4. The largest absolute Gasteiger partial charge is 0.365 e. The van der Waals surface area contributed by atoms with Crippen molar-refractivity contribution in [2.75, 3.05) is 6.61 Å². The van der Waals surface area contributed by atoms with E-state index in [0.29, 0.717) is 19.4 Å². The number of rotatable bonds is 6. The maximum Gasteiger partial charge on any atom is 0.169 e. The first-order valence-corrected chi connectivity index (χ1v) is 3.56. The predicted octanol–water partition coefficient (Wildman–Crippen LogP) is 1.68. The van der Waals surface area contributed by atoms with E-state index in [-0.39, 0.29) is 0 Å². The van der Waals surface area contributed by atoms with Gasteiger partial charge >= 0.3 is 0 Å². The zero-order valence-corrected chi connectivity index (χ0v) is 6.75. The van der Waals surface area contributed by atoms with Gasteiger partial charge in [0.25, 0.3) is 0 Å². The van der Waals surface area contributed by atoms with Crippen LogP contribution < -0.4 is 0 Å². The highest BCUT2D eigenvalue weighted by atomic mass is 16.6. The summed E-state index contributed by atoms with van der Waals surface area (Å²) in [6.45, 7) is 10.9. The molecule has 0 heterocycles. The first-order chi connectivity index (χ1) is 5.18. The molecule has 0 amide bonds. The summed E-state index contributed by atoms with van der Waals surface area (Å²) >= 11 is 0. The minimum absolute atomic E-state index is 0.312. The normalized spacial score (nSPS) is 15.5. The lowest BCUT2D eigenvalue weighted by molar-refractivity contribution is -0.191. The molecule has 0 aliphatic carbocycles. The SMILES string of the molecule is [CH2]CC(O)(CC=C)OCC=C. The van der Waals surface area contributed by atoms with E-state index >= 15 is 0 Å². The van der Waals surface area contributed by atoms with E-state index in [4.69, 9.17) is 4.74 Å². The van der Waals surface area contributed by atoms with Crippen LogP contribution in [0.1, 0.15) is 12.8 Å². The van der Waals surface area contributed by atoms with Crippen LogP contribution in [0.3, 0.4) is 0 Å². The van der Waals surface area contributed by atoms with Crippen molar-refractivity contribution in [1.29, 1.82) is 0 Å². The molecule has 1 atom stereocenters. The van der Waals surface area contributed by atoms with Gasteiger partial charge in [0.05, 0.1) is 6.61 Å². The molecular formula is C9H15O2. The Morgan fingerprint density at radius 1 is 1.36 bits per heavy atom. The Kier molecular flexibility index (Phi) is 4.83. The molecule has 0 aromatic rings. The molecule has 0 aliphatic heterocycles. The highest BCUT2D eigenvalue weighted by Crippen LogP contribution is 2.16. The summed E-state index contributed by atoms with van der Waals surface area (Å²) < 4.78 is 5.07. The average Bonchev–Trinajstić information content (AvgIpc) is 2.02. The molecule has 2 heteroatoms. The fourth-order valence-electron chi connectivity index (χ4n) is 0.673. The second-order valence-corrected chi connectivity index (χ2v) is 2.29. The lowest BCUT2D eigenvalue weighted by Crippen LogP contribution is -2.30. The fraction of sp³-hybridized carbons (Fsp3) is 0.444. The van der Waals surface area contributed by atoms with Gasteiger partial charge in [0.2, 0.25) is 0 Å². The van der Waals surface area contributed by atoms with Gasteiger partial charge in [0.1, 0.15) is 0 Å². The van der Waals surface area contributed by atoms with Crippen LogP contribution in [-0.4, -0.2) is 17.5 Å². The first-order valence-electron chi connectivity index (χ1n) is 3.56. The van der Waals surface area contributed by atoms with Crippen LogP contribution in [0, 0.1) is 6.92 Å². The molecule has 0 spiro atoms. The molecule has 1 radical (unpaired) electrons. The van der Waals surface area contributed by atoms with Gasteiger partial charge in [-0.05, 0) is 6.92 Å². The Morgan fingerprint density at radius 3 is 2.36 bits per heavy atom. The zero-order valence-electron chi connectivity index (χ0n) is 6.75. The lowest BCUT2D eigenvalue weighted by Gasteiger charge is -2.24. The van der Waals surface area contributed by atoms with E-state index in [9.17, 15) is 5.11 Å². The van der Waals surface area contributed by atoms with E-state index in [2.05, 4.69) is 20.1 Å².